The van der Waals surface area contributed by atoms with Gasteiger partial charge in [-0.2, -0.15) is 0 Å². The first-order valence-electron chi connectivity index (χ1n) is 5.48. The highest BCUT2D eigenvalue weighted by Gasteiger charge is 2.01. The zero-order valence-corrected chi connectivity index (χ0v) is 10.6. The molecule has 0 aliphatic carbocycles. The molecule has 0 heterocycles. The van der Waals surface area contributed by atoms with Crippen molar-refractivity contribution in [3.05, 3.63) is 34.4 Å². The van der Waals surface area contributed by atoms with E-state index in [1.807, 2.05) is 0 Å². The predicted octanol–water partition coefficient (Wildman–Crippen LogP) is 3.33. The van der Waals surface area contributed by atoms with Gasteiger partial charge >= 0.3 is 0 Å². The highest BCUT2D eigenvalue weighted by molar-refractivity contribution is 6.17. The van der Waals surface area contributed by atoms with Crippen LogP contribution in [0.1, 0.15) is 28.7 Å². The van der Waals surface area contributed by atoms with Crippen LogP contribution in [0.4, 0.5) is 0 Å². The van der Waals surface area contributed by atoms with Gasteiger partial charge in [-0.15, -0.1) is 11.6 Å². The first-order chi connectivity index (χ1) is 7.15. The highest BCUT2D eigenvalue weighted by Crippen LogP contribution is 2.14. The molecule has 0 unspecified atom stereocenters. The van der Waals surface area contributed by atoms with Crippen LogP contribution < -0.4 is 5.32 Å². The molecule has 0 saturated carbocycles. The highest BCUT2D eigenvalue weighted by atomic mass is 35.5. The molecule has 0 aliphatic rings. The average molecular weight is 226 g/mol. The van der Waals surface area contributed by atoms with Crippen molar-refractivity contribution in [3.8, 4) is 0 Å². The number of nitrogens with one attached hydrogen (secondary N) is 1. The molecule has 1 nitrogen and oxygen atoms in total. The second-order valence-corrected chi connectivity index (χ2v) is 4.46. The van der Waals surface area contributed by atoms with Crippen molar-refractivity contribution in [2.45, 2.75) is 33.7 Å². The fourth-order valence-corrected chi connectivity index (χ4v) is 1.76. The Bertz CT molecular complexity index is 321. The summed E-state index contributed by atoms with van der Waals surface area (Å²) in [6, 6.07) is 4.53. The molecular formula is C13H20ClN. The predicted molar refractivity (Wildman–Crippen MR) is 67.7 cm³/mol. The van der Waals surface area contributed by atoms with Crippen molar-refractivity contribution in [3.63, 3.8) is 0 Å². The molecule has 0 fully saturated rings. The van der Waals surface area contributed by atoms with Gasteiger partial charge in [0.15, 0.2) is 0 Å². The summed E-state index contributed by atoms with van der Waals surface area (Å²) in [5.74, 6) is 0.735. The molecule has 1 rings (SSSR count). The summed E-state index contributed by atoms with van der Waals surface area (Å²) in [6.45, 7) is 8.44. The number of benzene rings is 1. The lowest BCUT2D eigenvalue weighted by molar-refractivity contribution is 0.675. The standard InChI is InChI=1S/C13H20ClN/c1-10-7-12(3)13(8-11(10)2)9-15-6-4-5-14/h7-8,15H,4-6,9H2,1-3H3. The van der Waals surface area contributed by atoms with E-state index in [4.69, 9.17) is 11.6 Å². The zero-order valence-electron chi connectivity index (χ0n) is 9.86. The first kappa shape index (κ1) is 12.5. The molecule has 0 spiro atoms. The molecule has 0 saturated heterocycles. The number of rotatable bonds is 5. The number of halogens is 1. The molecule has 0 aromatic heterocycles. The molecule has 1 aromatic carbocycles. The monoisotopic (exact) mass is 225 g/mol. The lowest BCUT2D eigenvalue weighted by Crippen LogP contribution is -2.16. The summed E-state index contributed by atoms with van der Waals surface area (Å²) in [5.41, 5.74) is 5.51. The van der Waals surface area contributed by atoms with Crippen molar-refractivity contribution in [2.75, 3.05) is 12.4 Å². The van der Waals surface area contributed by atoms with E-state index < -0.39 is 0 Å². The molecule has 15 heavy (non-hydrogen) atoms. The van der Waals surface area contributed by atoms with Crippen LogP contribution in [0.2, 0.25) is 0 Å². The van der Waals surface area contributed by atoms with Gasteiger partial charge in [0.05, 0.1) is 0 Å². The molecule has 1 aromatic rings. The molecule has 84 valence electrons. The van der Waals surface area contributed by atoms with Crippen LogP contribution in [-0.4, -0.2) is 12.4 Å². The van der Waals surface area contributed by atoms with Crippen LogP contribution in [-0.2, 0) is 6.54 Å². The molecule has 0 atom stereocenters. The number of alkyl halides is 1. The normalized spacial score (nSPS) is 10.7. The van der Waals surface area contributed by atoms with Gasteiger partial charge in [0.25, 0.3) is 0 Å². The van der Waals surface area contributed by atoms with E-state index in [0.29, 0.717) is 0 Å². The first-order valence-corrected chi connectivity index (χ1v) is 6.02. The third kappa shape index (κ3) is 3.84. The van der Waals surface area contributed by atoms with Gasteiger partial charge in [-0.05, 0) is 56.0 Å². The Morgan fingerprint density at radius 3 is 2.40 bits per heavy atom. The van der Waals surface area contributed by atoms with E-state index in [-0.39, 0.29) is 0 Å². The van der Waals surface area contributed by atoms with Gasteiger partial charge in [0.2, 0.25) is 0 Å². The number of aryl methyl sites for hydroxylation is 3. The van der Waals surface area contributed by atoms with Crippen LogP contribution >= 0.6 is 11.6 Å². The van der Waals surface area contributed by atoms with E-state index in [0.717, 1.165) is 25.4 Å². The molecule has 1 N–H and O–H groups in total. The van der Waals surface area contributed by atoms with Gasteiger partial charge in [-0.1, -0.05) is 12.1 Å². The summed E-state index contributed by atoms with van der Waals surface area (Å²) in [5, 5.41) is 3.41. The van der Waals surface area contributed by atoms with Gasteiger partial charge in [-0.25, -0.2) is 0 Å². The second-order valence-electron chi connectivity index (χ2n) is 4.08. The minimum absolute atomic E-state index is 0.735. The van der Waals surface area contributed by atoms with Crippen molar-refractivity contribution in [1.82, 2.24) is 5.32 Å². The Labute approximate surface area is 97.8 Å². The second kappa shape index (κ2) is 6.14. The number of hydrogen-bond donors (Lipinski definition) is 1. The SMILES string of the molecule is Cc1cc(C)c(CNCCCCl)cc1C. The minimum atomic E-state index is 0.735. The maximum Gasteiger partial charge on any atom is 0.0235 e. The zero-order chi connectivity index (χ0) is 11.3. The lowest BCUT2D eigenvalue weighted by Gasteiger charge is -2.10. The quantitative estimate of drug-likeness (QED) is 0.599. The summed E-state index contributed by atoms with van der Waals surface area (Å²) in [7, 11) is 0. The Morgan fingerprint density at radius 1 is 1.07 bits per heavy atom. The third-order valence-electron chi connectivity index (χ3n) is 2.75. The lowest BCUT2D eigenvalue weighted by atomic mass is 10.0. The van der Waals surface area contributed by atoms with E-state index in [9.17, 15) is 0 Å². The smallest absolute Gasteiger partial charge is 0.0235 e. The Morgan fingerprint density at radius 2 is 1.73 bits per heavy atom. The topological polar surface area (TPSA) is 12.0 Å². The van der Waals surface area contributed by atoms with E-state index in [2.05, 4.69) is 38.2 Å². The molecule has 0 radical (unpaired) electrons. The van der Waals surface area contributed by atoms with E-state index in [1.54, 1.807) is 0 Å². The summed E-state index contributed by atoms with van der Waals surface area (Å²) in [4.78, 5) is 0. The molecule has 0 aliphatic heterocycles. The fraction of sp³-hybridized carbons (Fsp3) is 0.538. The van der Waals surface area contributed by atoms with Gasteiger partial charge < -0.3 is 5.32 Å². The maximum absolute atomic E-state index is 5.62. The van der Waals surface area contributed by atoms with Crippen molar-refractivity contribution >= 4 is 11.6 Å². The maximum atomic E-state index is 5.62. The van der Waals surface area contributed by atoms with Gasteiger partial charge in [0.1, 0.15) is 0 Å². The average Bonchev–Trinajstić information content (AvgIpc) is 2.20. The largest absolute Gasteiger partial charge is 0.313 e. The van der Waals surface area contributed by atoms with E-state index >= 15 is 0 Å². The molecule has 0 bridgehead atoms. The minimum Gasteiger partial charge on any atom is -0.313 e. The Balaban J connectivity index is 2.57. The van der Waals surface area contributed by atoms with Gasteiger partial charge in [-0.3, -0.25) is 0 Å². The fourth-order valence-electron chi connectivity index (χ4n) is 1.63. The molecule has 0 amide bonds. The van der Waals surface area contributed by atoms with Crippen molar-refractivity contribution in [2.24, 2.45) is 0 Å². The third-order valence-corrected chi connectivity index (χ3v) is 3.02. The Hall–Kier alpha value is -0.530. The van der Waals surface area contributed by atoms with E-state index in [1.165, 1.54) is 22.3 Å². The van der Waals surface area contributed by atoms with Crippen LogP contribution in [0.25, 0.3) is 0 Å². The molecule has 2 heteroatoms. The van der Waals surface area contributed by atoms with Crippen LogP contribution in [0.5, 0.6) is 0 Å². The van der Waals surface area contributed by atoms with Gasteiger partial charge in [0, 0.05) is 12.4 Å². The van der Waals surface area contributed by atoms with Crippen LogP contribution in [0.3, 0.4) is 0 Å². The summed E-state index contributed by atoms with van der Waals surface area (Å²) >= 11 is 5.62. The summed E-state index contributed by atoms with van der Waals surface area (Å²) < 4.78 is 0. The van der Waals surface area contributed by atoms with Crippen molar-refractivity contribution < 1.29 is 0 Å². The molecular weight excluding hydrogens is 206 g/mol. The number of hydrogen-bond acceptors (Lipinski definition) is 1. The van der Waals surface area contributed by atoms with Crippen LogP contribution in [0.15, 0.2) is 12.1 Å². The van der Waals surface area contributed by atoms with Crippen LogP contribution in [0, 0.1) is 20.8 Å². The van der Waals surface area contributed by atoms with Crippen molar-refractivity contribution in [1.29, 1.82) is 0 Å². The summed E-state index contributed by atoms with van der Waals surface area (Å²) in [6.07, 6.45) is 1.03. The Kier molecular flexibility index (Phi) is 5.13.